The van der Waals surface area contributed by atoms with E-state index in [0.717, 1.165) is 19.4 Å². The number of anilines is 2. The average Bonchev–Trinajstić information content (AvgIpc) is 2.34. The van der Waals surface area contributed by atoms with Gasteiger partial charge in [-0.3, -0.25) is 4.79 Å². The van der Waals surface area contributed by atoms with Gasteiger partial charge in [0, 0.05) is 6.54 Å². The predicted octanol–water partition coefficient (Wildman–Crippen LogP) is 0.363. The van der Waals surface area contributed by atoms with E-state index in [4.69, 9.17) is 10.5 Å². The Balaban J connectivity index is 2.10. The number of pyridine rings is 1. The molecule has 0 aliphatic carbocycles. The zero-order chi connectivity index (χ0) is 12.3. The highest BCUT2D eigenvalue weighted by Gasteiger charge is 2.22. The number of methoxy groups -OCH3 is 1. The van der Waals surface area contributed by atoms with Gasteiger partial charge in [-0.25, -0.2) is 0 Å². The lowest BCUT2D eigenvalue weighted by Crippen LogP contribution is -2.44. The number of amides is 1. The van der Waals surface area contributed by atoms with Crippen molar-refractivity contribution in [1.82, 2.24) is 10.3 Å². The fourth-order valence-corrected chi connectivity index (χ4v) is 1.78. The Morgan fingerprint density at radius 2 is 2.41 bits per heavy atom. The molecule has 6 heteroatoms. The molecule has 1 saturated heterocycles. The first-order chi connectivity index (χ1) is 8.20. The number of piperidine rings is 1. The van der Waals surface area contributed by atoms with Crippen LogP contribution in [0.4, 0.5) is 11.5 Å². The third kappa shape index (κ3) is 2.58. The first kappa shape index (κ1) is 11.5. The molecule has 1 aromatic heterocycles. The maximum atomic E-state index is 11.6. The molecule has 0 saturated carbocycles. The molecule has 1 unspecified atom stereocenters. The molecule has 1 amide bonds. The van der Waals surface area contributed by atoms with Crippen LogP contribution in [0, 0.1) is 0 Å². The number of nitrogens with two attached hydrogens (primary N) is 1. The summed E-state index contributed by atoms with van der Waals surface area (Å²) in [5.41, 5.74) is 6.14. The number of hydrogen-bond acceptors (Lipinski definition) is 5. The minimum Gasteiger partial charge on any atom is -0.479 e. The van der Waals surface area contributed by atoms with E-state index in [1.807, 2.05) is 0 Å². The first-order valence-electron chi connectivity index (χ1n) is 5.55. The summed E-state index contributed by atoms with van der Waals surface area (Å²) in [7, 11) is 1.51. The molecule has 1 atom stereocenters. The number of carbonyl (C=O) groups excluding carboxylic acids is 1. The third-order valence-electron chi connectivity index (χ3n) is 2.69. The number of nitrogens with zero attached hydrogens (tertiary/aromatic N) is 1. The molecule has 2 heterocycles. The molecule has 0 spiro atoms. The molecule has 1 aliphatic heterocycles. The Morgan fingerprint density at radius 3 is 3.12 bits per heavy atom. The molecular weight excluding hydrogens is 220 g/mol. The molecule has 17 heavy (non-hydrogen) atoms. The van der Waals surface area contributed by atoms with Crippen LogP contribution in [0.25, 0.3) is 0 Å². The summed E-state index contributed by atoms with van der Waals surface area (Å²) in [5, 5.41) is 5.88. The van der Waals surface area contributed by atoms with Gasteiger partial charge in [0.25, 0.3) is 0 Å². The van der Waals surface area contributed by atoms with Crippen molar-refractivity contribution in [3.63, 3.8) is 0 Å². The van der Waals surface area contributed by atoms with Crippen molar-refractivity contribution >= 4 is 17.4 Å². The van der Waals surface area contributed by atoms with Crippen molar-refractivity contribution in [2.24, 2.45) is 0 Å². The van der Waals surface area contributed by atoms with Gasteiger partial charge in [-0.15, -0.1) is 0 Å². The van der Waals surface area contributed by atoms with Crippen LogP contribution >= 0.6 is 0 Å². The monoisotopic (exact) mass is 236 g/mol. The van der Waals surface area contributed by atoms with Gasteiger partial charge in [0.1, 0.15) is 11.9 Å². The Labute approximate surface area is 99.5 Å². The highest BCUT2D eigenvalue weighted by molar-refractivity contribution is 5.85. The Bertz CT molecular complexity index is 422. The van der Waals surface area contributed by atoms with Crippen molar-refractivity contribution in [1.29, 1.82) is 0 Å². The Kier molecular flexibility index (Phi) is 3.32. The Morgan fingerprint density at radius 1 is 1.59 bits per heavy atom. The zero-order valence-corrected chi connectivity index (χ0v) is 9.69. The summed E-state index contributed by atoms with van der Waals surface area (Å²) in [6.07, 6.45) is 1.77. The van der Waals surface area contributed by atoms with E-state index in [-0.39, 0.29) is 11.9 Å². The molecule has 92 valence electrons. The SMILES string of the molecule is COc1nc(NC2CCCNC2=O)ccc1N. The molecule has 1 aliphatic rings. The second-order valence-corrected chi connectivity index (χ2v) is 3.93. The van der Waals surface area contributed by atoms with Crippen LogP contribution in [0.5, 0.6) is 5.88 Å². The van der Waals surface area contributed by atoms with Gasteiger partial charge in [-0.05, 0) is 25.0 Å². The van der Waals surface area contributed by atoms with E-state index in [9.17, 15) is 4.79 Å². The normalized spacial score (nSPS) is 19.6. The summed E-state index contributed by atoms with van der Waals surface area (Å²) in [5.74, 6) is 0.971. The number of carbonyl (C=O) groups is 1. The van der Waals surface area contributed by atoms with E-state index >= 15 is 0 Å². The molecule has 1 aromatic rings. The van der Waals surface area contributed by atoms with Crippen molar-refractivity contribution in [3.05, 3.63) is 12.1 Å². The van der Waals surface area contributed by atoms with Crippen molar-refractivity contribution in [2.75, 3.05) is 24.7 Å². The van der Waals surface area contributed by atoms with Gasteiger partial charge in [0.05, 0.1) is 12.8 Å². The van der Waals surface area contributed by atoms with Crippen LogP contribution in [0.2, 0.25) is 0 Å². The summed E-state index contributed by atoms with van der Waals surface area (Å²) >= 11 is 0. The van der Waals surface area contributed by atoms with Gasteiger partial charge in [-0.2, -0.15) is 4.98 Å². The van der Waals surface area contributed by atoms with Crippen LogP contribution in [0.1, 0.15) is 12.8 Å². The second kappa shape index (κ2) is 4.90. The molecule has 0 radical (unpaired) electrons. The topological polar surface area (TPSA) is 89.3 Å². The molecule has 0 aromatic carbocycles. The van der Waals surface area contributed by atoms with E-state index < -0.39 is 0 Å². The fraction of sp³-hybridized carbons (Fsp3) is 0.455. The van der Waals surface area contributed by atoms with Crippen LogP contribution < -0.4 is 21.1 Å². The number of nitrogens with one attached hydrogen (secondary N) is 2. The summed E-state index contributed by atoms with van der Waals surface area (Å²) in [6.45, 7) is 0.746. The molecule has 1 fully saturated rings. The lowest BCUT2D eigenvalue weighted by atomic mass is 10.1. The highest BCUT2D eigenvalue weighted by Crippen LogP contribution is 2.21. The van der Waals surface area contributed by atoms with E-state index in [2.05, 4.69) is 15.6 Å². The van der Waals surface area contributed by atoms with Gasteiger partial charge in [0.15, 0.2) is 0 Å². The number of ether oxygens (including phenoxy) is 1. The highest BCUT2D eigenvalue weighted by atomic mass is 16.5. The van der Waals surface area contributed by atoms with Crippen molar-refractivity contribution in [3.8, 4) is 5.88 Å². The van der Waals surface area contributed by atoms with E-state index in [1.165, 1.54) is 7.11 Å². The minimum absolute atomic E-state index is 0.00819. The average molecular weight is 236 g/mol. The summed E-state index contributed by atoms with van der Waals surface area (Å²) in [6, 6.07) is 3.21. The number of aromatic nitrogens is 1. The van der Waals surface area contributed by atoms with Crippen LogP contribution in [-0.4, -0.2) is 30.6 Å². The van der Waals surface area contributed by atoms with E-state index in [0.29, 0.717) is 17.4 Å². The summed E-state index contributed by atoms with van der Waals surface area (Å²) < 4.78 is 5.02. The molecule has 0 bridgehead atoms. The maximum absolute atomic E-state index is 11.6. The Hall–Kier alpha value is -1.98. The first-order valence-corrected chi connectivity index (χ1v) is 5.55. The summed E-state index contributed by atoms with van der Waals surface area (Å²) in [4.78, 5) is 15.7. The van der Waals surface area contributed by atoms with E-state index in [1.54, 1.807) is 12.1 Å². The lowest BCUT2D eigenvalue weighted by Gasteiger charge is -2.23. The van der Waals surface area contributed by atoms with Gasteiger partial charge >= 0.3 is 0 Å². The van der Waals surface area contributed by atoms with Crippen molar-refractivity contribution < 1.29 is 9.53 Å². The minimum atomic E-state index is -0.232. The largest absolute Gasteiger partial charge is 0.479 e. The lowest BCUT2D eigenvalue weighted by molar-refractivity contribution is -0.123. The second-order valence-electron chi connectivity index (χ2n) is 3.93. The predicted molar refractivity (Wildman–Crippen MR) is 64.9 cm³/mol. The zero-order valence-electron chi connectivity index (χ0n) is 9.69. The van der Waals surface area contributed by atoms with Gasteiger partial charge < -0.3 is 21.1 Å². The smallest absolute Gasteiger partial charge is 0.242 e. The van der Waals surface area contributed by atoms with Crippen LogP contribution in [-0.2, 0) is 4.79 Å². The number of rotatable bonds is 3. The van der Waals surface area contributed by atoms with Crippen LogP contribution in [0.15, 0.2) is 12.1 Å². The molecule has 2 rings (SSSR count). The quantitative estimate of drug-likeness (QED) is 0.705. The molecular formula is C11H16N4O2. The maximum Gasteiger partial charge on any atom is 0.242 e. The molecule has 4 N–H and O–H groups in total. The van der Waals surface area contributed by atoms with Crippen LogP contribution in [0.3, 0.4) is 0 Å². The standard InChI is InChI=1S/C11H16N4O2/c1-17-11-7(12)4-5-9(15-11)14-8-3-2-6-13-10(8)16/h4-5,8H,2-3,6,12H2,1H3,(H,13,16)(H,14,15). The number of nitrogen functional groups attached to an aromatic ring is 1. The van der Waals surface area contributed by atoms with Gasteiger partial charge in [-0.1, -0.05) is 0 Å². The number of hydrogen-bond donors (Lipinski definition) is 3. The fourth-order valence-electron chi connectivity index (χ4n) is 1.78. The van der Waals surface area contributed by atoms with Crippen molar-refractivity contribution in [2.45, 2.75) is 18.9 Å². The third-order valence-corrected chi connectivity index (χ3v) is 2.69. The van der Waals surface area contributed by atoms with Gasteiger partial charge in [0.2, 0.25) is 11.8 Å². The molecule has 6 nitrogen and oxygen atoms in total.